The van der Waals surface area contributed by atoms with Crippen LogP contribution in [0.25, 0.3) is 10.8 Å². The smallest absolute Gasteiger partial charge is 0.245 e. The molecule has 2 aliphatic rings. The minimum Gasteiger partial charge on any atom is -0.379 e. The van der Waals surface area contributed by atoms with Gasteiger partial charge in [0.25, 0.3) is 0 Å². The van der Waals surface area contributed by atoms with E-state index >= 15 is 0 Å². The number of amides is 3. The summed E-state index contributed by atoms with van der Waals surface area (Å²) >= 11 is 6.05. The lowest BCUT2D eigenvalue weighted by Crippen LogP contribution is -2.53. The summed E-state index contributed by atoms with van der Waals surface area (Å²) in [6.45, 7) is 7.71. The van der Waals surface area contributed by atoms with E-state index in [0.29, 0.717) is 43.3 Å². The summed E-state index contributed by atoms with van der Waals surface area (Å²) in [6, 6.07) is 7.64. The minimum absolute atomic E-state index is 0.0702. The molecule has 11 nitrogen and oxygen atoms in total. The second-order valence-electron chi connectivity index (χ2n) is 10.1. The van der Waals surface area contributed by atoms with Crippen LogP contribution in [0.1, 0.15) is 20.3 Å². The monoisotopic (exact) mass is 593 g/mol. The summed E-state index contributed by atoms with van der Waals surface area (Å²) in [7, 11) is -4.28. The molecular formula is C27H36ClN5O6S. The average Bonchev–Trinajstić information content (AvgIpc) is 3.32. The number of likely N-dealkylation sites (tertiary alicyclic amines) is 1. The van der Waals surface area contributed by atoms with Crippen molar-refractivity contribution in [2.24, 2.45) is 5.73 Å². The second-order valence-corrected chi connectivity index (χ2v) is 12.4. The Morgan fingerprint density at radius 3 is 2.48 bits per heavy atom. The van der Waals surface area contributed by atoms with Gasteiger partial charge in [0.15, 0.2) is 0 Å². The van der Waals surface area contributed by atoms with E-state index in [4.69, 9.17) is 22.1 Å². The fraction of sp³-hybridized carbons (Fsp3) is 0.519. The van der Waals surface area contributed by atoms with E-state index in [1.54, 1.807) is 36.1 Å². The Balaban J connectivity index is 1.51. The number of halogens is 1. The van der Waals surface area contributed by atoms with Crippen molar-refractivity contribution >= 4 is 50.1 Å². The normalized spacial score (nSPS) is 19.4. The number of sulfonamides is 1. The molecule has 0 spiro atoms. The van der Waals surface area contributed by atoms with Crippen molar-refractivity contribution in [3.05, 3.63) is 41.4 Å². The lowest BCUT2D eigenvalue weighted by molar-refractivity contribution is -0.144. The van der Waals surface area contributed by atoms with Crippen molar-refractivity contribution < 1.29 is 27.5 Å². The number of benzene rings is 2. The van der Waals surface area contributed by atoms with E-state index in [0.717, 1.165) is 22.8 Å². The van der Waals surface area contributed by atoms with Crippen molar-refractivity contribution in [2.45, 2.75) is 37.2 Å². The predicted octanol–water partition coefficient (Wildman–Crippen LogP) is 1.14. The van der Waals surface area contributed by atoms with E-state index in [9.17, 15) is 22.8 Å². The molecule has 40 heavy (non-hydrogen) atoms. The highest BCUT2D eigenvalue weighted by molar-refractivity contribution is 7.89. The van der Waals surface area contributed by atoms with Crippen LogP contribution in [0, 0.1) is 0 Å². The van der Waals surface area contributed by atoms with Crippen LogP contribution in [-0.4, -0.2) is 116 Å². The first-order valence-corrected chi connectivity index (χ1v) is 15.2. The highest BCUT2D eigenvalue weighted by Crippen LogP contribution is 2.29. The molecule has 2 saturated heterocycles. The Morgan fingerprint density at radius 2 is 1.80 bits per heavy atom. The molecule has 0 unspecified atom stereocenters. The van der Waals surface area contributed by atoms with E-state index in [1.807, 2.05) is 6.92 Å². The van der Waals surface area contributed by atoms with E-state index in [-0.39, 0.29) is 23.8 Å². The zero-order chi connectivity index (χ0) is 29.0. The number of likely N-dealkylation sites (N-methyl/N-ethyl adjacent to an activating group) is 1. The Kier molecular flexibility index (Phi) is 9.68. The molecule has 4 rings (SSSR count). The maximum Gasteiger partial charge on any atom is 0.245 e. The highest BCUT2D eigenvalue weighted by atomic mass is 35.5. The number of nitrogens with zero attached hydrogens (tertiary/aromatic N) is 4. The topological polar surface area (TPSA) is 134 Å². The molecule has 0 aliphatic carbocycles. The van der Waals surface area contributed by atoms with Crippen molar-refractivity contribution in [3.8, 4) is 0 Å². The first kappa shape index (κ1) is 30.2. The number of nitrogens with two attached hydrogens (primary N) is 1. The number of hydrogen-bond acceptors (Lipinski definition) is 7. The Labute approximate surface area is 239 Å². The quantitative estimate of drug-likeness (QED) is 0.413. The molecule has 2 aromatic carbocycles. The second kappa shape index (κ2) is 12.8. The van der Waals surface area contributed by atoms with Gasteiger partial charge in [-0.2, -0.15) is 4.31 Å². The molecule has 2 aromatic rings. The van der Waals surface area contributed by atoms with Gasteiger partial charge < -0.3 is 20.3 Å². The number of carbonyl (C=O) groups is 3. The van der Waals surface area contributed by atoms with Crippen LogP contribution in [0.2, 0.25) is 5.02 Å². The molecule has 0 bridgehead atoms. The third-order valence-corrected chi connectivity index (χ3v) is 9.65. The van der Waals surface area contributed by atoms with Gasteiger partial charge in [0.05, 0.1) is 24.7 Å². The maximum atomic E-state index is 13.7. The highest BCUT2D eigenvalue weighted by Gasteiger charge is 2.45. The van der Waals surface area contributed by atoms with Crippen LogP contribution in [0.5, 0.6) is 0 Å². The predicted molar refractivity (Wildman–Crippen MR) is 151 cm³/mol. The van der Waals surface area contributed by atoms with Gasteiger partial charge >= 0.3 is 0 Å². The first-order chi connectivity index (χ1) is 19.0. The fourth-order valence-corrected chi connectivity index (χ4v) is 7.05. The number of primary amides is 1. The molecule has 0 saturated carbocycles. The number of ether oxygens (including phenoxy) is 1. The number of rotatable bonds is 11. The number of morpholine rings is 1. The van der Waals surface area contributed by atoms with Crippen LogP contribution in [0.4, 0.5) is 0 Å². The standard InChI is InChI=1S/C27H36ClN5O6S/c1-3-31(11-10-30-12-14-39-15-13-30)26(35)19(2)32-9-8-24(27(32)36)33(18-25(29)34)40(37,38)23-7-5-20-16-22(28)6-4-21(20)17-23/h4-7,16-17,19,24H,3,8-15,18H2,1-2H3,(H2,29,34)/t19-,24-/m0/s1. The Morgan fingerprint density at radius 1 is 1.12 bits per heavy atom. The molecule has 2 heterocycles. The van der Waals surface area contributed by atoms with Gasteiger partial charge in [0.2, 0.25) is 27.7 Å². The lowest BCUT2D eigenvalue weighted by Gasteiger charge is -2.33. The average molecular weight is 594 g/mol. The zero-order valence-corrected chi connectivity index (χ0v) is 24.4. The van der Waals surface area contributed by atoms with Crippen LogP contribution in [0.15, 0.2) is 41.3 Å². The molecule has 2 atom stereocenters. The maximum absolute atomic E-state index is 13.7. The summed E-state index contributed by atoms with van der Waals surface area (Å²) < 4.78 is 33.7. The van der Waals surface area contributed by atoms with Gasteiger partial charge in [-0.05, 0) is 55.3 Å². The lowest BCUT2D eigenvalue weighted by atomic mass is 10.1. The van der Waals surface area contributed by atoms with E-state index in [1.165, 1.54) is 17.0 Å². The Hall–Kier alpha value is -2.77. The molecule has 2 N–H and O–H groups in total. The molecule has 0 radical (unpaired) electrons. The fourth-order valence-electron chi connectivity index (χ4n) is 5.25. The third-order valence-electron chi connectivity index (χ3n) is 7.56. The van der Waals surface area contributed by atoms with Gasteiger partial charge in [0, 0.05) is 44.3 Å². The van der Waals surface area contributed by atoms with Crippen LogP contribution in [-0.2, 0) is 29.1 Å². The summed E-state index contributed by atoms with van der Waals surface area (Å²) in [5, 5.41) is 1.90. The molecule has 2 aliphatic heterocycles. The largest absolute Gasteiger partial charge is 0.379 e. The zero-order valence-electron chi connectivity index (χ0n) is 22.8. The molecule has 2 fully saturated rings. The minimum atomic E-state index is -4.28. The molecule has 3 amide bonds. The summed E-state index contributed by atoms with van der Waals surface area (Å²) in [5.74, 6) is -1.61. The van der Waals surface area contributed by atoms with Gasteiger partial charge in [-0.3, -0.25) is 19.3 Å². The Bertz CT molecular complexity index is 1370. The molecule has 218 valence electrons. The van der Waals surface area contributed by atoms with Gasteiger partial charge in [0.1, 0.15) is 12.1 Å². The van der Waals surface area contributed by atoms with Crippen LogP contribution < -0.4 is 5.73 Å². The van der Waals surface area contributed by atoms with Gasteiger partial charge in [-0.25, -0.2) is 8.42 Å². The van der Waals surface area contributed by atoms with Crippen molar-refractivity contribution in [1.82, 2.24) is 19.0 Å². The summed E-state index contributed by atoms with van der Waals surface area (Å²) in [6.07, 6.45) is 0.131. The van der Waals surface area contributed by atoms with Crippen molar-refractivity contribution in [2.75, 3.05) is 59.0 Å². The van der Waals surface area contributed by atoms with Crippen molar-refractivity contribution in [3.63, 3.8) is 0 Å². The van der Waals surface area contributed by atoms with Crippen molar-refractivity contribution in [1.29, 1.82) is 0 Å². The number of fused-ring (bicyclic) bond motifs is 1. The van der Waals surface area contributed by atoms with Crippen LogP contribution >= 0.6 is 11.6 Å². The van der Waals surface area contributed by atoms with E-state index in [2.05, 4.69) is 4.90 Å². The van der Waals surface area contributed by atoms with Gasteiger partial charge in [-0.1, -0.05) is 23.7 Å². The SMILES string of the molecule is CCN(CCN1CCOCC1)C(=O)[C@H](C)N1CC[C@H](N(CC(N)=O)S(=O)(=O)c2ccc3cc(Cl)ccc3c2)C1=O. The molecule has 0 aromatic heterocycles. The number of carbonyl (C=O) groups excluding carboxylic acids is 3. The van der Waals surface area contributed by atoms with Gasteiger partial charge in [-0.15, -0.1) is 0 Å². The summed E-state index contributed by atoms with van der Waals surface area (Å²) in [4.78, 5) is 44.2. The summed E-state index contributed by atoms with van der Waals surface area (Å²) in [5.41, 5.74) is 5.43. The van der Waals surface area contributed by atoms with Crippen LogP contribution in [0.3, 0.4) is 0 Å². The molecule has 13 heteroatoms. The van der Waals surface area contributed by atoms with E-state index < -0.39 is 40.5 Å². The molecular weight excluding hydrogens is 558 g/mol. The third kappa shape index (κ3) is 6.58. The number of hydrogen-bond donors (Lipinski definition) is 1. The first-order valence-electron chi connectivity index (χ1n) is 13.4.